The molecule has 2 atom stereocenters. The van der Waals surface area contributed by atoms with Crippen LogP contribution >= 0.6 is 0 Å². The number of nitrogens with one attached hydrogen (secondary N) is 1. The smallest absolute Gasteiger partial charge is 0.214 e. The van der Waals surface area contributed by atoms with Crippen LogP contribution in [0.3, 0.4) is 0 Å². The third-order valence-electron chi connectivity index (χ3n) is 3.15. The number of furan rings is 1. The van der Waals surface area contributed by atoms with Gasteiger partial charge in [-0.3, -0.25) is 0 Å². The molecule has 1 aromatic heterocycles. The van der Waals surface area contributed by atoms with E-state index in [4.69, 9.17) is 9.15 Å². The van der Waals surface area contributed by atoms with Crippen LogP contribution < -0.4 is 4.72 Å². The molecule has 1 heterocycles. The van der Waals surface area contributed by atoms with Gasteiger partial charge >= 0.3 is 0 Å². The van der Waals surface area contributed by atoms with Gasteiger partial charge in [-0.05, 0) is 26.0 Å². The standard InChI is InChI=1S/C14H18FNO4S/c1-9(19-3)8-21(17,18)16-10(2)13-7-11-5-4-6-12(15)14(11)20-13/h4-7,9-10,16H,8H2,1-3H3/t9-,10-/m0/s1. The molecule has 0 amide bonds. The third-order valence-corrected chi connectivity index (χ3v) is 4.78. The van der Waals surface area contributed by atoms with Crippen molar-refractivity contribution in [2.24, 2.45) is 0 Å². The second kappa shape index (κ2) is 6.13. The van der Waals surface area contributed by atoms with E-state index >= 15 is 0 Å². The fourth-order valence-electron chi connectivity index (χ4n) is 2.01. The lowest BCUT2D eigenvalue weighted by atomic mass is 10.2. The van der Waals surface area contributed by atoms with Crippen molar-refractivity contribution in [1.29, 1.82) is 0 Å². The van der Waals surface area contributed by atoms with Crippen molar-refractivity contribution in [3.8, 4) is 0 Å². The average Bonchev–Trinajstić information content (AvgIpc) is 2.83. The van der Waals surface area contributed by atoms with Crippen molar-refractivity contribution >= 4 is 21.0 Å². The largest absolute Gasteiger partial charge is 0.456 e. The zero-order chi connectivity index (χ0) is 15.6. The van der Waals surface area contributed by atoms with Crippen LogP contribution in [0.15, 0.2) is 28.7 Å². The van der Waals surface area contributed by atoms with Crippen LogP contribution in [0.4, 0.5) is 4.39 Å². The van der Waals surface area contributed by atoms with E-state index in [0.717, 1.165) is 0 Å². The second-order valence-electron chi connectivity index (χ2n) is 4.97. The lowest BCUT2D eigenvalue weighted by molar-refractivity contribution is 0.136. The van der Waals surface area contributed by atoms with E-state index in [0.29, 0.717) is 11.1 Å². The lowest BCUT2D eigenvalue weighted by Gasteiger charge is -2.14. The number of benzene rings is 1. The van der Waals surface area contributed by atoms with Gasteiger partial charge in [0.2, 0.25) is 10.0 Å². The first kappa shape index (κ1) is 15.9. The molecule has 0 fully saturated rings. The Bertz CT molecular complexity index is 726. The predicted octanol–water partition coefficient (Wildman–Crippen LogP) is 2.59. The molecule has 1 aromatic carbocycles. The summed E-state index contributed by atoms with van der Waals surface area (Å²) in [6.07, 6.45) is -0.414. The van der Waals surface area contributed by atoms with Gasteiger partial charge in [0.05, 0.1) is 17.9 Å². The van der Waals surface area contributed by atoms with Crippen LogP contribution in [0.25, 0.3) is 11.0 Å². The molecule has 2 rings (SSSR count). The Balaban J connectivity index is 2.19. The monoisotopic (exact) mass is 315 g/mol. The molecule has 0 radical (unpaired) electrons. The summed E-state index contributed by atoms with van der Waals surface area (Å²) in [4.78, 5) is 0. The topological polar surface area (TPSA) is 68.5 Å². The highest BCUT2D eigenvalue weighted by molar-refractivity contribution is 7.89. The van der Waals surface area contributed by atoms with E-state index in [1.807, 2.05) is 0 Å². The maximum absolute atomic E-state index is 13.6. The molecule has 0 aliphatic heterocycles. The SMILES string of the molecule is CO[C@@H](C)CS(=O)(=O)N[C@@H](C)c1cc2cccc(F)c2o1. The first-order chi connectivity index (χ1) is 9.82. The Kier molecular flexibility index (Phi) is 4.65. The maximum Gasteiger partial charge on any atom is 0.214 e. The van der Waals surface area contributed by atoms with E-state index in [1.54, 1.807) is 32.0 Å². The highest BCUT2D eigenvalue weighted by atomic mass is 32.2. The molecule has 0 unspecified atom stereocenters. The molecule has 21 heavy (non-hydrogen) atoms. The number of sulfonamides is 1. The number of rotatable bonds is 6. The number of methoxy groups -OCH3 is 1. The summed E-state index contributed by atoms with van der Waals surface area (Å²) in [7, 11) is -2.07. The van der Waals surface area contributed by atoms with Gasteiger partial charge in [-0.1, -0.05) is 12.1 Å². The Morgan fingerprint density at radius 3 is 2.71 bits per heavy atom. The van der Waals surface area contributed by atoms with Gasteiger partial charge in [0.1, 0.15) is 5.76 Å². The van der Waals surface area contributed by atoms with Gasteiger partial charge in [-0.25, -0.2) is 17.5 Å². The van der Waals surface area contributed by atoms with Gasteiger partial charge in [0.15, 0.2) is 11.4 Å². The fourth-order valence-corrected chi connectivity index (χ4v) is 3.52. The summed E-state index contributed by atoms with van der Waals surface area (Å²) in [5.41, 5.74) is 0.129. The summed E-state index contributed by atoms with van der Waals surface area (Å²) >= 11 is 0. The Morgan fingerprint density at radius 1 is 1.38 bits per heavy atom. The number of fused-ring (bicyclic) bond motifs is 1. The van der Waals surface area contributed by atoms with Crippen LogP contribution in [-0.4, -0.2) is 27.4 Å². The normalized spacial score (nSPS) is 15.2. The fraction of sp³-hybridized carbons (Fsp3) is 0.429. The zero-order valence-electron chi connectivity index (χ0n) is 12.1. The zero-order valence-corrected chi connectivity index (χ0v) is 12.9. The highest BCUT2D eigenvalue weighted by Gasteiger charge is 2.21. The molecule has 0 aliphatic rings. The van der Waals surface area contributed by atoms with Gasteiger partial charge in [-0.2, -0.15) is 0 Å². The first-order valence-electron chi connectivity index (χ1n) is 6.53. The predicted molar refractivity (Wildman–Crippen MR) is 78.0 cm³/mol. The van der Waals surface area contributed by atoms with E-state index in [-0.39, 0.29) is 11.3 Å². The molecule has 1 N–H and O–H groups in total. The Morgan fingerprint density at radius 2 is 2.10 bits per heavy atom. The minimum absolute atomic E-state index is 0.129. The number of halogens is 1. The summed E-state index contributed by atoms with van der Waals surface area (Å²) in [6, 6.07) is 5.62. The van der Waals surface area contributed by atoms with Gasteiger partial charge in [0, 0.05) is 12.5 Å². The molecule has 0 spiro atoms. The molecule has 0 aliphatic carbocycles. The second-order valence-corrected chi connectivity index (χ2v) is 6.77. The summed E-state index contributed by atoms with van der Waals surface area (Å²) < 4.78 is 50.3. The molecular formula is C14H18FNO4S. The van der Waals surface area contributed by atoms with Crippen LogP contribution in [0.5, 0.6) is 0 Å². The van der Waals surface area contributed by atoms with E-state index in [2.05, 4.69) is 4.72 Å². The van der Waals surface area contributed by atoms with Crippen molar-refractivity contribution in [2.75, 3.05) is 12.9 Å². The van der Waals surface area contributed by atoms with Crippen molar-refractivity contribution in [2.45, 2.75) is 26.0 Å². The van der Waals surface area contributed by atoms with Gasteiger partial charge in [0.25, 0.3) is 0 Å². The number of hydrogen-bond donors (Lipinski definition) is 1. The van der Waals surface area contributed by atoms with E-state index < -0.39 is 28.0 Å². The van der Waals surface area contributed by atoms with Crippen molar-refractivity contribution < 1.29 is 22.0 Å². The molecule has 0 saturated heterocycles. The molecular weight excluding hydrogens is 297 g/mol. The van der Waals surface area contributed by atoms with Crippen LogP contribution in [0.2, 0.25) is 0 Å². The molecule has 7 heteroatoms. The van der Waals surface area contributed by atoms with E-state index in [9.17, 15) is 12.8 Å². The minimum atomic E-state index is -3.52. The minimum Gasteiger partial charge on any atom is -0.456 e. The van der Waals surface area contributed by atoms with Gasteiger partial charge in [-0.15, -0.1) is 0 Å². The van der Waals surface area contributed by atoms with Crippen LogP contribution in [0.1, 0.15) is 25.6 Å². The van der Waals surface area contributed by atoms with E-state index in [1.165, 1.54) is 13.2 Å². The molecule has 2 aromatic rings. The number of para-hydroxylation sites is 1. The lowest BCUT2D eigenvalue weighted by Crippen LogP contribution is -2.33. The number of hydrogen-bond acceptors (Lipinski definition) is 4. The molecule has 0 saturated carbocycles. The Hall–Kier alpha value is -1.44. The summed E-state index contributed by atoms with van der Waals surface area (Å²) in [5.74, 6) is -0.256. The van der Waals surface area contributed by atoms with Gasteiger partial charge < -0.3 is 9.15 Å². The Labute approximate surface area is 123 Å². The first-order valence-corrected chi connectivity index (χ1v) is 8.18. The van der Waals surface area contributed by atoms with Crippen LogP contribution in [0, 0.1) is 5.82 Å². The quantitative estimate of drug-likeness (QED) is 0.889. The average molecular weight is 315 g/mol. The molecule has 5 nitrogen and oxygen atoms in total. The molecule has 0 bridgehead atoms. The van der Waals surface area contributed by atoms with Crippen molar-refractivity contribution in [3.63, 3.8) is 0 Å². The number of ether oxygens (including phenoxy) is 1. The van der Waals surface area contributed by atoms with Crippen molar-refractivity contribution in [3.05, 3.63) is 35.8 Å². The summed E-state index contributed by atoms with van der Waals surface area (Å²) in [5, 5.41) is 0.598. The maximum atomic E-state index is 13.6. The van der Waals surface area contributed by atoms with Crippen LogP contribution in [-0.2, 0) is 14.8 Å². The third kappa shape index (κ3) is 3.81. The molecule has 116 valence electrons. The summed E-state index contributed by atoms with van der Waals surface area (Å²) in [6.45, 7) is 3.31. The highest BCUT2D eigenvalue weighted by Crippen LogP contribution is 2.26. The van der Waals surface area contributed by atoms with Crippen molar-refractivity contribution in [1.82, 2.24) is 4.72 Å².